The van der Waals surface area contributed by atoms with Crippen molar-refractivity contribution in [1.82, 2.24) is 0 Å². The summed E-state index contributed by atoms with van der Waals surface area (Å²) in [6, 6.07) is 6.65. The van der Waals surface area contributed by atoms with Gasteiger partial charge >= 0.3 is 18.1 Å². The Morgan fingerprint density at radius 3 is 2.40 bits per heavy atom. The average Bonchev–Trinajstić information content (AvgIpc) is 2.67. The Morgan fingerprint density at radius 1 is 1.03 bits per heavy atom. The van der Waals surface area contributed by atoms with Crippen LogP contribution in [-0.2, 0) is 20.4 Å². The van der Waals surface area contributed by atoms with Gasteiger partial charge in [-0.3, -0.25) is 0 Å². The van der Waals surface area contributed by atoms with Crippen LogP contribution in [0.2, 0.25) is 10.0 Å². The van der Waals surface area contributed by atoms with Crippen molar-refractivity contribution in [3.63, 3.8) is 0 Å². The lowest BCUT2D eigenvalue weighted by Crippen LogP contribution is -2.07. The van der Waals surface area contributed by atoms with E-state index in [4.69, 9.17) is 32.7 Å². The molecule has 0 radical (unpaired) electrons. The Bertz CT molecular complexity index is 958. The number of rotatable bonds is 7. The van der Waals surface area contributed by atoms with Crippen molar-refractivity contribution in [3.8, 4) is 11.5 Å². The zero-order valence-corrected chi connectivity index (χ0v) is 17.0. The fourth-order valence-electron chi connectivity index (χ4n) is 2.15. The first-order chi connectivity index (χ1) is 14.1. The largest absolute Gasteiger partial charge is 0.463 e. The van der Waals surface area contributed by atoms with Crippen LogP contribution in [0.15, 0.2) is 48.6 Å². The van der Waals surface area contributed by atoms with Gasteiger partial charge in [-0.2, -0.15) is 13.2 Å². The maximum Gasteiger partial charge on any atom is 0.416 e. The Kier molecular flexibility index (Phi) is 8.14. The average molecular weight is 463 g/mol. The maximum absolute atomic E-state index is 12.7. The minimum Gasteiger partial charge on any atom is -0.463 e. The van der Waals surface area contributed by atoms with Gasteiger partial charge in [0, 0.05) is 6.08 Å². The Balaban J connectivity index is 2.10. The summed E-state index contributed by atoms with van der Waals surface area (Å²) < 4.78 is 53.3. The molecule has 0 aliphatic rings. The molecule has 160 valence electrons. The Hall–Kier alpha value is -2.71. The number of halogens is 5. The highest BCUT2D eigenvalue weighted by Gasteiger charge is 2.31. The molecule has 2 rings (SSSR count). The van der Waals surface area contributed by atoms with Crippen molar-refractivity contribution in [1.29, 1.82) is 0 Å². The summed E-state index contributed by atoms with van der Waals surface area (Å²) >= 11 is 11.9. The van der Waals surface area contributed by atoms with Crippen molar-refractivity contribution < 1.29 is 37.0 Å². The summed E-state index contributed by atoms with van der Waals surface area (Å²) in [4.78, 5) is 23.4. The van der Waals surface area contributed by atoms with E-state index in [1.54, 1.807) is 6.92 Å². The zero-order valence-electron chi connectivity index (χ0n) is 15.5. The predicted molar refractivity (Wildman–Crippen MR) is 104 cm³/mol. The van der Waals surface area contributed by atoms with Crippen LogP contribution in [0.25, 0.3) is 0 Å². The highest BCUT2D eigenvalue weighted by molar-refractivity contribution is 6.33. The van der Waals surface area contributed by atoms with Crippen molar-refractivity contribution in [2.75, 3.05) is 13.2 Å². The lowest BCUT2D eigenvalue weighted by Gasteiger charge is -2.12. The molecule has 0 N–H and O–H groups in total. The molecular formula is C20H15Cl2F3O5. The van der Waals surface area contributed by atoms with Crippen molar-refractivity contribution in [2.45, 2.75) is 13.1 Å². The van der Waals surface area contributed by atoms with E-state index < -0.39 is 23.7 Å². The quantitative estimate of drug-likeness (QED) is 0.368. The minimum absolute atomic E-state index is 0.0383. The Labute approximate surface area is 179 Å². The molecule has 0 heterocycles. The monoisotopic (exact) mass is 462 g/mol. The van der Waals surface area contributed by atoms with E-state index in [1.807, 2.05) is 0 Å². The van der Waals surface area contributed by atoms with Crippen molar-refractivity contribution >= 4 is 35.1 Å². The number of benzene rings is 2. The van der Waals surface area contributed by atoms with Crippen LogP contribution in [0.4, 0.5) is 13.2 Å². The lowest BCUT2D eigenvalue weighted by molar-refractivity contribution is -0.138. The number of alkyl halides is 3. The molecule has 0 saturated carbocycles. The Morgan fingerprint density at radius 2 is 1.77 bits per heavy atom. The molecule has 0 spiro atoms. The third-order valence-corrected chi connectivity index (χ3v) is 4.12. The van der Waals surface area contributed by atoms with Gasteiger partial charge in [0.1, 0.15) is 18.1 Å². The topological polar surface area (TPSA) is 61.8 Å². The highest BCUT2D eigenvalue weighted by Crippen LogP contribution is 2.37. The third-order valence-electron chi connectivity index (χ3n) is 3.50. The van der Waals surface area contributed by atoms with Gasteiger partial charge in [0.05, 0.1) is 27.8 Å². The first-order valence-corrected chi connectivity index (χ1v) is 9.22. The summed E-state index contributed by atoms with van der Waals surface area (Å²) in [6.45, 7) is 1.67. The van der Waals surface area contributed by atoms with Crippen LogP contribution in [0, 0.1) is 0 Å². The molecule has 0 saturated heterocycles. The summed E-state index contributed by atoms with van der Waals surface area (Å²) in [5.41, 5.74) is -0.960. The molecule has 2 aromatic carbocycles. The molecule has 0 aromatic heterocycles. The molecule has 0 atom stereocenters. The van der Waals surface area contributed by atoms with Gasteiger partial charge in [0.2, 0.25) is 0 Å². The molecule has 5 nitrogen and oxygen atoms in total. The number of hydrogen-bond acceptors (Lipinski definition) is 5. The van der Waals surface area contributed by atoms with Gasteiger partial charge in [0.25, 0.3) is 0 Å². The van der Waals surface area contributed by atoms with E-state index >= 15 is 0 Å². The van der Waals surface area contributed by atoms with E-state index in [9.17, 15) is 22.8 Å². The van der Waals surface area contributed by atoms with Crippen molar-refractivity contribution in [2.24, 2.45) is 0 Å². The van der Waals surface area contributed by atoms with Gasteiger partial charge < -0.3 is 14.2 Å². The fourth-order valence-corrected chi connectivity index (χ4v) is 2.56. The highest BCUT2D eigenvalue weighted by atomic mass is 35.5. The van der Waals surface area contributed by atoms with E-state index in [1.165, 1.54) is 24.3 Å². The molecule has 0 unspecified atom stereocenters. The minimum atomic E-state index is -4.54. The van der Waals surface area contributed by atoms with E-state index in [-0.39, 0.29) is 40.3 Å². The van der Waals surface area contributed by atoms with Gasteiger partial charge in [0.15, 0.2) is 0 Å². The van der Waals surface area contributed by atoms with Crippen LogP contribution >= 0.6 is 23.2 Å². The smallest absolute Gasteiger partial charge is 0.416 e. The van der Waals surface area contributed by atoms with E-state index in [0.29, 0.717) is 0 Å². The number of hydrogen-bond donors (Lipinski definition) is 0. The van der Waals surface area contributed by atoms with E-state index in [2.05, 4.69) is 4.74 Å². The molecule has 0 aliphatic carbocycles. The zero-order chi connectivity index (χ0) is 22.3. The molecule has 0 bridgehead atoms. The number of ether oxygens (including phenoxy) is 3. The summed E-state index contributed by atoms with van der Waals surface area (Å²) in [5.74, 6) is -1.30. The van der Waals surface area contributed by atoms with E-state index in [0.717, 1.165) is 24.3 Å². The predicted octanol–water partition coefficient (Wildman–Crippen LogP) is 6.08. The van der Waals surface area contributed by atoms with Crippen LogP contribution in [0.5, 0.6) is 11.5 Å². The molecule has 10 heteroatoms. The number of esters is 2. The standard InChI is InChI=1S/C20H15Cl2F3O5/c1-2-28-18(26)4-3-9-29-19(27)14-11-13(6-7-15(14)21)30-17-8-5-12(10-16(17)22)20(23,24)25/h3-8,10-11H,2,9H2,1H3/b4-3+. The second kappa shape index (κ2) is 10.4. The molecule has 0 aliphatic heterocycles. The molecular weight excluding hydrogens is 448 g/mol. The van der Waals surface area contributed by atoms with Crippen LogP contribution < -0.4 is 4.74 Å². The van der Waals surface area contributed by atoms with Gasteiger partial charge in [-0.15, -0.1) is 0 Å². The second-order valence-corrected chi connectivity index (χ2v) is 6.45. The molecule has 0 fully saturated rings. The molecule has 0 amide bonds. The SMILES string of the molecule is CCOC(=O)/C=C/COC(=O)c1cc(Oc2ccc(C(F)(F)F)cc2Cl)ccc1Cl. The first-order valence-electron chi connectivity index (χ1n) is 8.46. The summed E-state index contributed by atoms with van der Waals surface area (Å²) in [6.07, 6.45) is -2.13. The van der Waals surface area contributed by atoms with Crippen LogP contribution in [-0.4, -0.2) is 25.2 Å². The van der Waals surface area contributed by atoms with Gasteiger partial charge in [-0.25, -0.2) is 9.59 Å². The number of carbonyl (C=O) groups is 2. The lowest BCUT2D eigenvalue weighted by atomic mass is 10.2. The third kappa shape index (κ3) is 6.67. The van der Waals surface area contributed by atoms with Crippen LogP contribution in [0.1, 0.15) is 22.8 Å². The van der Waals surface area contributed by atoms with Crippen LogP contribution in [0.3, 0.4) is 0 Å². The summed E-state index contributed by atoms with van der Waals surface area (Å²) in [5, 5.41) is -0.187. The molecule has 30 heavy (non-hydrogen) atoms. The number of carbonyl (C=O) groups excluding carboxylic acids is 2. The maximum atomic E-state index is 12.7. The molecule has 2 aromatic rings. The van der Waals surface area contributed by atoms with Gasteiger partial charge in [-0.1, -0.05) is 23.2 Å². The van der Waals surface area contributed by atoms with Crippen molar-refractivity contribution in [3.05, 3.63) is 69.7 Å². The van der Waals surface area contributed by atoms with Gasteiger partial charge in [-0.05, 0) is 49.4 Å². The second-order valence-electron chi connectivity index (χ2n) is 5.64. The fraction of sp³-hybridized carbons (Fsp3) is 0.200. The summed E-state index contributed by atoms with van der Waals surface area (Å²) in [7, 11) is 0. The normalized spacial score (nSPS) is 11.4. The first kappa shape index (κ1) is 23.6.